The van der Waals surface area contributed by atoms with Crippen molar-refractivity contribution in [3.8, 4) is 0 Å². The van der Waals surface area contributed by atoms with E-state index in [4.69, 9.17) is 11.6 Å². The Labute approximate surface area is 232 Å². The van der Waals surface area contributed by atoms with Gasteiger partial charge in [0.05, 0.1) is 10.7 Å². The molecule has 0 heterocycles. The van der Waals surface area contributed by atoms with Gasteiger partial charge in [-0.05, 0) is 35.2 Å². The van der Waals surface area contributed by atoms with Crippen molar-refractivity contribution in [2.45, 2.75) is 44.5 Å². The highest BCUT2D eigenvalue weighted by atomic mass is 35.5. The normalized spacial score (nSPS) is 11.5. The first kappa shape index (κ1) is 29.2. The molecule has 0 radical (unpaired) electrons. The third kappa shape index (κ3) is 9.19. The number of nitro groups is 1. The van der Waals surface area contributed by atoms with Crippen LogP contribution in [0.1, 0.15) is 36.5 Å². The number of benzene rings is 3. The van der Waals surface area contributed by atoms with Gasteiger partial charge in [-0.15, -0.1) is 11.8 Å². The van der Waals surface area contributed by atoms with Crippen LogP contribution in [-0.4, -0.2) is 40.0 Å². The maximum Gasteiger partial charge on any atom is 0.269 e. The van der Waals surface area contributed by atoms with E-state index in [-0.39, 0.29) is 29.8 Å². The van der Waals surface area contributed by atoms with E-state index in [2.05, 4.69) is 12.2 Å². The van der Waals surface area contributed by atoms with E-state index in [9.17, 15) is 19.7 Å². The zero-order valence-electron chi connectivity index (χ0n) is 21.3. The van der Waals surface area contributed by atoms with Crippen molar-refractivity contribution >= 4 is 40.9 Å². The molecular formula is C29H32ClN3O4S. The van der Waals surface area contributed by atoms with E-state index in [0.717, 1.165) is 29.5 Å². The summed E-state index contributed by atoms with van der Waals surface area (Å²) in [5.41, 5.74) is 2.76. The smallest absolute Gasteiger partial charge is 0.269 e. The molecule has 9 heteroatoms. The number of nitro benzene ring substituents is 1. The van der Waals surface area contributed by atoms with Crippen LogP contribution in [0.2, 0.25) is 5.02 Å². The first-order valence-electron chi connectivity index (χ1n) is 12.5. The van der Waals surface area contributed by atoms with Crippen molar-refractivity contribution in [3.63, 3.8) is 0 Å². The molecule has 200 valence electrons. The number of nitrogens with one attached hydrogen (secondary N) is 1. The van der Waals surface area contributed by atoms with Gasteiger partial charge in [-0.2, -0.15) is 0 Å². The summed E-state index contributed by atoms with van der Waals surface area (Å²) in [5.74, 6) is 0.353. The van der Waals surface area contributed by atoms with Gasteiger partial charge >= 0.3 is 0 Å². The molecule has 0 fully saturated rings. The predicted molar refractivity (Wildman–Crippen MR) is 153 cm³/mol. The van der Waals surface area contributed by atoms with Gasteiger partial charge in [0.2, 0.25) is 11.8 Å². The summed E-state index contributed by atoms with van der Waals surface area (Å²) in [6.07, 6.45) is 2.21. The number of unbranched alkanes of at least 4 members (excludes halogenated alkanes) is 1. The third-order valence-corrected chi connectivity index (χ3v) is 7.25. The summed E-state index contributed by atoms with van der Waals surface area (Å²) in [4.78, 5) is 39.1. The van der Waals surface area contributed by atoms with Crippen molar-refractivity contribution in [2.24, 2.45) is 0 Å². The lowest BCUT2D eigenvalue weighted by molar-refractivity contribution is -0.384. The topological polar surface area (TPSA) is 92.6 Å². The first-order valence-corrected chi connectivity index (χ1v) is 14.1. The molecule has 1 N–H and O–H groups in total. The second kappa shape index (κ2) is 15.1. The van der Waals surface area contributed by atoms with Crippen LogP contribution in [0, 0.1) is 10.1 Å². The molecule has 0 aliphatic heterocycles. The van der Waals surface area contributed by atoms with E-state index in [0.29, 0.717) is 23.7 Å². The van der Waals surface area contributed by atoms with Crippen molar-refractivity contribution in [1.29, 1.82) is 0 Å². The molecule has 0 saturated heterocycles. The molecule has 7 nitrogen and oxygen atoms in total. The second-order valence-corrected chi connectivity index (χ2v) is 10.3. The SMILES string of the molecule is CCCCNC(=O)[C@@H](Cc1ccccc1)N(Cc1ccc(Cl)cc1)C(=O)CSCc1ccc([N+](=O)[O-])cc1. The Morgan fingerprint density at radius 1 is 0.974 bits per heavy atom. The Morgan fingerprint density at radius 2 is 1.63 bits per heavy atom. The number of thioether (sulfide) groups is 1. The van der Waals surface area contributed by atoms with Crippen LogP contribution in [0.4, 0.5) is 5.69 Å². The van der Waals surface area contributed by atoms with E-state index >= 15 is 0 Å². The standard InChI is InChI=1S/C29H32ClN3O4S/c1-2-3-17-31-29(35)27(18-22-7-5-4-6-8-22)32(19-23-9-13-25(30)14-10-23)28(34)21-38-20-24-11-15-26(16-12-24)33(36)37/h4-16,27H,2-3,17-21H2,1H3,(H,31,35)/t27-/m1/s1. The molecule has 0 bridgehead atoms. The summed E-state index contributed by atoms with van der Waals surface area (Å²) >= 11 is 7.48. The molecule has 0 unspecified atom stereocenters. The molecule has 0 aromatic heterocycles. The predicted octanol–water partition coefficient (Wildman–Crippen LogP) is 6.04. The summed E-state index contributed by atoms with van der Waals surface area (Å²) in [6.45, 7) is 2.89. The van der Waals surface area contributed by atoms with Crippen molar-refractivity contribution in [2.75, 3.05) is 12.3 Å². The van der Waals surface area contributed by atoms with Crippen molar-refractivity contribution in [3.05, 3.63) is 111 Å². The van der Waals surface area contributed by atoms with Crippen LogP contribution in [0.3, 0.4) is 0 Å². The number of rotatable bonds is 14. The lowest BCUT2D eigenvalue weighted by Crippen LogP contribution is -2.51. The van der Waals surface area contributed by atoms with E-state index in [1.54, 1.807) is 29.2 Å². The quantitative estimate of drug-likeness (QED) is 0.149. The van der Waals surface area contributed by atoms with Gasteiger partial charge in [0.1, 0.15) is 6.04 Å². The number of non-ortho nitro benzene ring substituents is 1. The average Bonchev–Trinajstić information content (AvgIpc) is 2.92. The van der Waals surface area contributed by atoms with Crippen LogP contribution in [0.15, 0.2) is 78.9 Å². The van der Waals surface area contributed by atoms with Gasteiger partial charge in [0.25, 0.3) is 5.69 Å². The number of carbonyl (C=O) groups is 2. The highest BCUT2D eigenvalue weighted by Gasteiger charge is 2.30. The number of nitrogens with zero attached hydrogens (tertiary/aromatic N) is 2. The van der Waals surface area contributed by atoms with Gasteiger partial charge in [-0.3, -0.25) is 19.7 Å². The fraction of sp³-hybridized carbons (Fsp3) is 0.310. The average molecular weight is 554 g/mol. The Morgan fingerprint density at radius 3 is 2.26 bits per heavy atom. The molecule has 0 spiro atoms. The summed E-state index contributed by atoms with van der Waals surface area (Å²) in [5, 5.41) is 14.5. The van der Waals surface area contributed by atoms with Gasteiger partial charge in [0, 0.05) is 42.4 Å². The zero-order chi connectivity index (χ0) is 27.3. The minimum Gasteiger partial charge on any atom is -0.354 e. The number of hydrogen-bond acceptors (Lipinski definition) is 5. The fourth-order valence-electron chi connectivity index (χ4n) is 3.90. The van der Waals surface area contributed by atoms with Gasteiger partial charge in [0.15, 0.2) is 0 Å². The Hall–Kier alpha value is -3.36. The largest absolute Gasteiger partial charge is 0.354 e. The lowest BCUT2D eigenvalue weighted by atomic mass is 10.0. The minimum absolute atomic E-state index is 0.0294. The van der Waals surface area contributed by atoms with Crippen LogP contribution >= 0.6 is 23.4 Å². The molecule has 1 atom stereocenters. The summed E-state index contributed by atoms with van der Waals surface area (Å²) in [7, 11) is 0. The molecule has 0 aliphatic rings. The van der Waals surface area contributed by atoms with Crippen molar-refractivity contribution in [1.82, 2.24) is 10.2 Å². The zero-order valence-corrected chi connectivity index (χ0v) is 22.9. The van der Waals surface area contributed by atoms with E-state index in [1.807, 2.05) is 42.5 Å². The molecule has 3 rings (SSSR count). The van der Waals surface area contributed by atoms with E-state index in [1.165, 1.54) is 23.9 Å². The highest BCUT2D eigenvalue weighted by Crippen LogP contribution is 2.21. The molecule has 3 aromatic rings. The fourth-order valence-corrected chi connectivity index (χ4v) is 4.90. The van der Waals surface area contributed by atoms with Crippen LogP contribution in [-0.2, 0) is 28.3 Å². The number of carbonyl (C=O) groups excluding carboxylic acids is 2. The van der Waals surface area contributed by atoms with Crippen LogP contribution in [0.5, 0.6) is 0 Å². The van der Waals surface area contributed by atoms with Crippen molar-refractivity contribution < 1.29 is 14.5 Å². The molecule has 0 aliphatic carbocycles. The lowest BCUT2D eigenvalue weighted by Gasteiger charge is -2.31. The Kier molecular flexibility index (Phi) is 11.6. The summed E-state index contributed by atoms with van der Waals surface area (Å²) < 4.78 is 0. The Balaban J connectivity index is 1.80. The molecule has 0 saturated carbocycles. The first-order chi connectivity index (χ1) is 18.4. The number of hydrogen-bond donors (Lipinski definition) is 1. The highest BCUT2D eigenvalue weighted by molar-refractivity contribution is 7.99. The molecular weight excluding hydrogens is 522 g/mol. The van der Waals surface area contributed by atoms with Gasteiger partial charge in [-0.25, -0.2) is 0 Å². The Bertz CT molecular complexity index is 1190. The number of halogens is 1. The van der Waals surface area contributed by atoms with Gasteiger partial charge in [-0.1, -0.05) is 79.5 Å². The maximum absolute atomic E-state index is 13.6. The molecule has 3 aromatic carbocycles. The minimum atomic E-state index is -0.683. The third-order valence-electron chi connectivity index (χ3n) is 6.01. The van der Waals surface area contributed by atoms with E-state index < -0.39 is 11.0 Å². The van der Waals surface area contributed by atoms with Crippen LogP contribution in [0.25, 0.3) is 0 Å². The molecule has 2 amide bonds. The number of amides is 2. The van der Waals surface area contributed by atoms with Crippen LogP contribution < -0.4 is 5.32 Å². The summed E-state index contributed by atoms with van der Waals surface area (Å²) in [6, 6.07) is 22.6. The maximum atomic E-state index is 13.6. The monoisotopic (exact) mass is 553 g/mol. The van der Waals surface area contributed by atoms with Gasteiger partial charge < -0.3 is 10.2 Å². The molecule has 38 heavy (non-hydrogen) atoms. The second-order valence-electron chi connectivity index (χ2n) is 8.91.